The second-order valence-corrected chi connectivity index (χ2v) is 4.58. The molecule has 0 radical (unpaired) electrons. The highest BCUT2D eigenvalue weighted by Crippen LogP contribution is 2.22. The van der Waals surface area contributed by atoms with Gasteiger partial charge < -0.3 is 15.2 Å². The van der Waals surface area contributed by atoms with Gasteiger partial charge in [-0.2, -0.15) is 0 Å². The Bertz CT molecular complexity index is 541. The molecule has 0 unspecified atom stereocenters. The van der Waals surface area contributed by atoms with Crippen molar-refractivity contribution in [2.24, 2.45) is 0 Å². The SMILES string of the molecule is O=C(NC1(C(=O)O)CCOCC1)c1ccc(F)c(F)c1. The summed E-state index contributed by atoms with van der Waals surface area (Å²) in [4.78, 5) is 23.3. The second-order valence-electron chi connectivity index (χ2n) is 4.58. The van der Waals surface area contributed by atoms with E-state index in [9.17, 15) is 23.5 Å². The van der Waals surface area contributed by atoms with E-state index >= 15 is 0 Å². The molecule has 0 spiro atoms. The van der Waals surface area contributed by atoms with E-state index in [0.29, 0.717) is 0 Å². The summed E-state index contributed by atoms with van der Waals surface area (Å²) in [5.41, 5.74) is -1.56. The maximum Gasteiger partial charge on any atom is 0.329 e. The number of ether oxygens (including phenoxy) is 1. The van der Waals surface area contributed by atoms with Crippen LogP contribution in [0.25, 0.3) is 0 Å². The van der Waals surface area contributed by atoms with Gasteiger partial charge in [0, 0.05) is 31.6 Å². The third-order valence-electron chi connectivity index (χ3n) is 3.29. The molecule has 5 nitrogen and oxygen atoms in total. The predicted octanol–water partition coefficient (Wildman–Crippen LogP) is 1.33. The van der Waals surface area contributed by atoms with Gasteiger partial charge in [0.1, 0.15) is 5.54 Å². The first-order valence-corrected chi connectivity index (χ1v) is 6.03. The molecular formula is C13H13F2NO4. The highest BCUT2D eigenvalue weighted by Gasteiger charge is 2.41. The van der Waals surface area contributed by atoms with E-state index in [-0.39, 0.29) is 31.6 Å². The smallest absolute Gasteiger partial charge is 0.329 e. The van der Waals surface area contributed by atoms with E-state index in [1.165, 1.54) is 0 Å². The lowest BCUT2D eigenvalue weighted by molar-refractivity contribution is -0.148. The van der Waals surface area contributed by atoms with Crippen molar-refractivity contribution in [2.75, 3.05) is 13.2 Å². The zero-order chi connectivity index (χ0) is 14.8. The average Bonchev–Trinajstić information content (AvgIpc) is 2.42. The minimum absolute atomic E-state index is 0.123. The third-order valence-corrected chi connectivity index (χ3v) is 3.29. The van der Waals surface area contributed by atoms with Crippen LogP contribution < -0.4 is 5.32 Å². The van der Waals surface area contributed by atoms with Crippen LogP contribution in [0.15, 0.2) is 18.2 Å². The molecule has 0 bridgehead atoms. The lowest BCUT2D eigenvalue weighted by atomic mass is 9.89. The van der Waals surface area contributed by atoms with Crippen LogP contribution in [-0.2, 0) is 9.53 Å². The largest absolute Gasteiger partial charge is 0.480 e. The van der Waals surface area contributed by atoms with Crippen LogP contribution in [0, 0.1) is 11.6 Å². The molecule has 1 saturated heterocycles. The number of hydrogen-bond acceptors (Lipinski definition) is 3. The van der Waals surface area contributed by atoms with Crippen LogP contribution in [0.3, 0.4) is 0 Å². The number of rotatable bonds is 3. The van der Waals surface area contributed by atoms with E-state index in [0.717, 1.165) is 18.2 Å². The Balaban J connectivity index is 2.20. The van der Waals surface area contributed by atoms with Crippen molar-refractivity contribution in [3.05, 3.63) is 35.4 Å². The van der Waals surface area contributed by atoms with E-state index in [1.54, 1.807) is 0 Å². The summed E-state index contributed by atoms with van der Waals surface area (Å²) in [5.74, 6) is -4.15. The topological polar surface area (TPSA) is 75.6 Å². The number of carboxylic acid groups (broad SMARTS) is 1. The summed E-state index contributed by atoms with van der Waals surface area (Å²) in [6.45, 7) is 0.425. The highest BCUT2D eigenvalue weighted by atomic mass is 19.2. The van der Waals surface area contributed by atoms with Crippen LogP contribution in [0.5, 0.6) is 0 Å². The Labute approximate surface area is 113 Å². The van der Waals surface area contributed by atoms with Crippen molar-refractivity contribution in [3.8, 4) is 0 Å². The van der Waals surface area contributed by atoms with Crippen LogP contribution in [0.4, 0.5) is 8.78 Å². The lowest BCUT2D eigenvalue weighted by Crippen LogP contribution is -2.57. The molecule has 1 aliphatic rings. The lowest BCUT2D eigenvalue weighted by Gasteiger charge is -2.33. The van der Waals surface area contributed by atoms with Crippen molar-refractivity contribution in [2.45, 2.75) is 18.4 Å². The zero-order valence-electron chi connectivity index (χ0n) is 10.5. The van der Waals surface area contributed by atoms with Crippen molar-refractivity contribution >= 4 is 11.9 Å². The van der Waals surface area contributed by atoms with Gasteiger partial charge in [0.25, 0.3) is 5.91 Å². The molecule has 2 N–H and O–H groups in total. The highest BCUT2D eigenvalue weighted by molar-refractivity contribution is 5.97. The van der Waals surface area contributed by atoms with Crippen LogP contribution in [-0.4, -0.2) is 35.7 Å². The first-order chi connectivity index (χ1) is 9.44. The molecule has 1 fully saturated rings. The summed E-state index contributed by atoms with van der Waals surface area (Å²) >= 11 is 0. The quantitative estimate of drug-likeness (QED) is 0.878. The fourth-order valence-corrected chi connectivity index (χ4v) is 2.04. The van der Waals surface area contributed by atoms with Gasteiger partial charge in [0.15, 0.2) is 11.6 Å². The summed E-state index contributed by atoms with van der Waals surface area (Å²) in [7, 11) is 0. The normalized spacial score (nSPS) is 17.5. The predicted molar refractivity (Wildman–Crippen MR) is 64.2 cm³/mol. The number of aliphatic carboxylic acids is 1. The molecule has 0 aliphatic carbocycles. The first kappa shape index (κ1) is 14.4. The van der Waals surface area contributed by atoms with Gasteiger partial charge in [-0.1, -0.05) is 0 Å². The molecular weight excluding hydrogens is 272 g/mol. The fraction of sp³-hybridized carbons (Fsp3) is 0.385. The van der Waals surface area contributed by atoms with Crippen molar-refractivity contribution < 1.29 is 28.2 Å². The van der Waals surface area contributed by atoms with Gasteiger partial charge in [0.2, 0.25) is 0 Å². The monoisotopic (exact) mass is 285 g/mol. The van der Waals surface area contributed by atoms with Crippen LogP contribution in [0.1, 0.15) is 23.2 Å². The second kappa shape index (κ2) is 5.54. The van der Waals surface area contributed by atoms with Gasteiger partial charge in [-0.05, 0) is 18.2 Å². The fourth-order valence-electron chi connectivity index (χ4n) is 2.04. The third kappa shape index (κ3) is 2.77. The summed E-state index contributed by atoms with van der Waals surface area (Å²) < 4.78 is 31.0. The van der Waals surface area contributed by atoms with E-state index < -0.39 is 29.0 Å². The Morgan fingerprint density at radius 3 is 2.40 bits per heavy atom. The van der Waals surface area contributed by atoms with Crippen LogP contribution >= 0.6 is 0 Å². The van der Waals surface area contributed by atoms with Crippen molar-refractivity contribution in [1.29, 1.82) is 0 Å². The Hall–Kier alpha value is -2.02. The Kier molecular flexibility index (Phi) is 3.99. The van der Waals surface area contributed by atoms with Gasteiger partial charge in [-0.3, -0.25) is 4.79 Å². The first-order valence-electron chi connectivity index (χ1n) is 6.03. The van der Waals surface area contributed by atoms with Crippen LogP contribution in [0.2, 0.25) is 0 Å². The number of amides is 1. The number of carboxylic acids is 1. The standard InChI is InChI=1S/C13H13F2NO4/c14-9-2-1-8(7-10(9)15)11(17)16-13(12(18)19)3-5-20-6-4-13/h1-2,7H,3-6H2,(H,16,17)(H,18,19). The maximum atomic E-state index is 13.1. The number of hydrogen-bond donors (Lipinski definition) is 2. The van der Waals surface area contributed by atoms with Gasteiger partial charge in [0.05, 0.1) is 0 Å². The van der Waals surface area contributed by atoms with E-state index in [2.05, 4.69) is 5.32 Å². The summed E-state index contributed by atoms with van der Waals surface area (Å²) in [5, 5.41) is 11.7. The Morgan fingerprint density at radius 2 is 1.85 bits per heavy atom. The number of carbonyl (C=O) groups excluding carboxylic acids is 1. The van der Waals surface area contributed by atoms with Gasteiger partial charge in [-0.15, -0.1) is 0 Å². The zero-order valence-corrected chi connectivity index (χ0v) is 10.5. The van der Waals surface area contributed by atoms with Crippen molar-refractivity contribution in [3.63, 3.8) is 0 Å². The summed E-state index contributed by atoms with van der Waals surface area (Å²) in [6, 6.07) is 2.66. The molecule has 0 aromatic heterocycles. The molecule has 20 heavy (non-hydrogen) atoms. The number of halogens is 2. The molecule has 0 atom stereocenters. The van der Waals surface area contributed by atoms with Gasteiger partial charge in [-0.25, -0.2) is 13.6 Å². The van der Waals surface area contributed by atoms with Gasteiger partial charge >= 0.3 is 5.97 Å². The minimum Gasteiger partial charge on any atom is -0.480 e. The average molecular weight is 285 g/mol. The number of nitrogens with one attached hydrogen (secondary N) is 1. The molecule has 1 aliphatic heterocycles. The summed E-state index contributed by atoms with van der Waals surface area (Å²) in [6.07, 6.45) is 0.246. The molecule has 1 aromatic carbocycles. The molecule has 108 valence electrons. The molecule has 1 heterocycles. The molecule has 1 aromatic rings. The molecule has 7 heteroatoms. The maximum absolute atomic E-state index is 13.1. The molecule has 1 amide bonds. The minimum atomic E-state index is -1.43. The van der Waals surface area contributed by atoms with E-state index in [1.807, 2.05) is 0 Å². The molecule has 2 rings (SSSR count). The Morgan fingerprint density at radius 1 is 1.20 bits per heavy atom. The number of benzene rings is 1. The molecule has 0 saturated carbocycles. The number of carbonyl (C=O) groups is 2. The van der Waals surface area contributed by atoms with Crippen molar-refractivity contribution in [1.82, 2.24) is 5.32 Å². The van der Waals surface area contributed by atoms with E-state index in [4.69, 9.17) is 4.74 Å².